The molecular formula is C14H16N2O3. The summed E-state index contributed by atoms with van der Waals surface area (Å²) in [4.78, 5) is 4.27. The van der Waals surface area contributed by atoms with E-state index in [9.17, 15) is 0 Å². The van der Waals surface area contributed by atoms with Crippen molar-refractivity contribution >= 4 is 6.01 Å². The van der Waals surface area contributed by atoms with E-state index < -0.39 is 0 Å². The molecule has 0 atom stereocenters. The maximum absolute atomic E-state index is 5.66. The summed E-state index contributed by atoms with van der Waals surface area (Å²) in [6.07, 6.45) is 0. The molecule has 5 heteroatoms. The van der Waals surface area contributed by atoms with E-state index in [1.54, 1.807) is 0 Å². The van der Waals surface area contributed by atoms with Crippen LogP contribution < -0.4 is 15.2 Å². The van der Waals surface area contributed by atoms with Crippen molar-refractivity contribution < 1.29 is 13.9 Å². The largest absolute Gasteiger partial charge is 0.486 e. The Bertz CT molecular complexity index is 605. The van der Waals surface area contributed by atoms with Crippen LogP contribution in [0.5, 0.6) is 11.5 Å². The van der Waals surface area contributed by atoms with Gasteiger partial charge in [0, 0.05) is 11.5 Å². The predicted octanol–water partition coefficient (Wildman–Crippen LogP) is 2.82. The molecule has 5 nitrogen and oxygen atoms in total. The molecule has 0 saturated carbocycles. The zero-order valence-electron chi connectivity index (χ0n) is 11.0. The first-order valence-electron chi connectivity index (χ1n) is 6.31. The molecule has 1 aromatic carbocycles. The molecule has 19 heavy (non-hydrogen) atoms. The molecule has 3 rings (SSSR count). The Balaban J connectivity index is 2.07. The number of rotatable bonds is 2. The SMILES string of the molecule is CC(C)c1oc(N)nc1-c1ccc2c(c1)OCCO2. The van der Waals surface area contributed by atoms with Crippen molar-refractivity contribution in [3.8, 4) is 22.8 Å². The number of fused-ring (bicyclic) bond motifs is 1. The maximum Gasteiger partial charge on any atom is 0.292 e. The number of hydrogen-bond donors (Lipinski definition) is 1. The van der Waals surface area contributed by atoms with Crippen LogP contribution in [0.4, 0.5) is 6.01 Å². The van der Waals surface area contributed by atoms with Crippen molar-refractivity contribution in [2.24, 2.45) is 0 Å². The number of nitrogens with zero attached hydrogens (tertiary/aromatic N) is 1. The van der Waals surface area contributed by atoms with Crippen LogP contribution in [0.25, 0.3) is 11.3 Å². The monoisotopic (exact) mass is 260 g/mol. The first-order chi connectivity index (χ1) is 9.15. The van der Waals surface area contributed by atoms with Crippen molar-refractivity contribution in [1.29, 1.82) is 0 Å². The highest BCUT2D eigenvalue weighted by Crippen LogP contribution is 2.37. The van der Waals surface area contributed by atoms with Crippen LogP contribution in [0.15, 0.2) is 22.6 Å². The van der Waals surface area contributed by atoms with Crippen LogP contribution in [0.2, 0.25) is 0 Å². The van der Waals surface area contributed by atoms with Gasteiger partial charge < -0.3 is 19.6 Å². The number of nitrogen functional groups attached to an aromatic ring is 1. The summed E-state index contributed by atoms with van der Waals surface area (Å²) in [5, 5.41) is 0. The van der Waals surface area contributed by atoms with Crippen LogP contribution in [-0.4, -0.2) is 18.2 Å². The standard InChI is InChI=1S/C14H16N2O3/c1-8(2)13-12(16-14(15)19-13)9-3-4-10-11(7-9)18-6-5-17-10/h3-4,7-8H,5-6H2,1-2H3,(H2,15,16). The summed E-state index contributed by atoms with van der Waals surface area (Å²) in [7, 11) is 0. The van der Waals surface area contributed by atoms with Gasteiger partial charge in [-0.2, -0.15) is 4.98 Å². The van der Waals surface area contributed by atoms with Crippen LogP contribution >= 0.6 is 0 Å². The first kappa shape index (κ1) is 11.9. The molecule has 100 valence electrons. The highest BCUT2D eigenvalue weighted by Gasteiger charge is 2.19. The van der Waals surface area contributed by atoms with E-state index in [1.165, 1.54) is 0 Å². The van der Waals surface area contributed by atoms with Gasteiger partial charge in [0.25, 0.3) is 6.01 Å². The molecule has 1 aliphatic heterocycles. The number of hydrogen-bond acceptors (Lipinski definition) is 5. The minimum atomic E-state index is 0.189. The second-order valence-electron chi connectivity index (χ2n) is 4.78. The highest BCUT2D eigenvalue weighted by atomic mass is 16.6. The molecule has 1 aliphatic rings. The molecule has 0 unspecified atom stereocenters. The smallest absolute Gasteiger partial charge is 0.292 e. The Hall–Kier alpha value is -2.17. The van der Waals surface area contributed by atoms with Gasteiger partial charge in [0.1, 0.15) is 24.7 Å². The van der Waals surface area contributed by atoms with Gasteiger partial charge in [-0.1, -0.05) is 13.8 Å². The molecule has 2 aromatic rings. The molecule has 0 aliphatic carbocycles. The maximum atomic E-state index is 5.66. The third-order valence-corrected chi connectivity index (χ3v) is 3.01. The molecule has 0 amide bonds. The Morgan fingerprint density at radius 2 is 1.89 bits per heavy atom. The van der Waals surface area contributed by atoms with Crippen molar-refractivity contribution in [2.75, 3.05) is 18.9 Å². The fourth-order valence-electron chi connectivity index (χ4n) is 2.14. The topological polar surface area (TPSA) is 70.5 Å². The van der Waals surface area contributed by atoms with E-state index in [4.69, 9.17) is 19.6 Å². The van der Waals surface area contributed by atoms with Crippen molar-refractivity contribution in [3.63, 3.8) is 0 Å². The molecule has 0 radical (unpaired) electrons. The van der Waals surface area contributed by atoms with E-state index >= 15 is 0 Å². The van der Waals surface area contributed by atoms with Gasteiger partial charge in [0.15, 0.2) is 11.5 Å². The lowest BCUT2D eigenvalue weighted by molar-refractivity contribution is 0.171. The quantitative estimate of drug-likeness (QED) is 0.899. The van der Waals surface area contributed by atoms with Gasteiger partial charge >= 0.3 is 0 Å². The average molecular weight is 260 g/mol. The Labute approximate surface area is 111 Å². The molecular weight excluding hydrogens is 244 g/mol. The lowest BCUT2D eigenvalue weighted by Gasteiger charge is -2.18. The summed E-state index contributed by atoms with van der Waals surface area (Å²) in [5.74, 6) is 2.50. The van der Waals surface area contributed by atoms with Gasteiger partial charge in [-0.3, -0.25) is 0 Å². The lowest BCUT2D eigenvalue weighted by atomic mass is 10.0. The molecule has 0 fully saturated rings. The number of nitrogens with two attached hydrogens (primary N) is 1. The van der Waals surface area contributed by atoms with Crippen molar-refractivity contribution in [3.05, 3.63) is 24.0 Å². The van der Waals surface area contributed by atoms with Crippen molar-refractivity contribution in [2.45, 2.75) is 19.8 Å². The number of aromatic nitrogens is 1. The number of anilines is 1. The second-order valence-corrected chi connectivity index (χ2v) is 4.78. The van der Waals surface area contributed by atoms with Gasteiger partial charge in [0.2, 0.25) is 0 Å². The van der Waals surface area contributed by atoms with E-state index in [1.807, 2.05) is 32.0 Å². The third kappa shape index (κ3) is 2.12. The first-order valence-corrected chi connectivity index (χ1v) is 6.31. The average Bonchev–Trinajstić information content (AvgIpc) is 2.80. The Morgan fingerprint density at radius 1 is 1.16 bits per heavy atom. The van der Waals surface area contributed by atoms with Gasteiger partial charge in [-0.05, 0) is 18.2 Å². The number of benzene rings is 1. The fraction of sp³-hybridized carbons (Fsp3) is 0.357. The van der Waals surface area contributed by atoms with Crippen LogP contribution in [0, 0.1) is 0 Å². The zero-order chi connectivity index (χ0) is 13.4. The summed E-state index contributed by atoms with van der Waals surface area (Å²) < 4.78 is 16.6. The second kappa shape index (κ2) is 4.50. The predicted molar refractivity (Wildman–Crippen MR) is 71.4 cm³/mol. The molecule has 0 saturated heterocycles. The number of oxazole rings is 1. The molecule has 2 N–H and O–H groups in total. The van der Waals surface area contributed by atoms with Gasteiger partial charge in [0.05, 0.1) is 0 Å². The van der Waals surface area contributed by atoms with E-state index in [0.717, 1.165) is 28.5 Å². The van der Waals surface area contributed by atoms with Crippen LogP contribution in [0.3, 0.4) is 0 Å². The van der Waals surface area contributed by atoms with E-state index in [0.29, 0.717) is 13.2 Å². The normalized spacial score (nSPS) is 13.8. The number of ether oxygens (including phenoxy) is 2. The Kier molecular flexibility index (Phi) is 2.81. The summed E-state index contributed by atoms with van der Waals surface area (Å²) >= 11 is 0. The summed E-state index contributed by atoms with van der Waals surface area (Å²) in [5.41, 5.74) is 7.35. The summed E-state index contributed by atoms with van der Waals surface area (Å²) in [6.45, 7) is 5.23. The molecule has 1 aromatic heterocycles. The molecule has 2 heterocycles. The summed E-state index contributed by atoms with van der Waals surface area (Å²) in [6, 6.07) is 5.93. The minimum absolute atomic E-state index is 0.189. The molecule has 0 spiro atoms. The van der Waals surface area contributed by atoms with Gasteiger partial charge in [-0.15, -0.1) is 0 Å². The Morgan fingerprint density at radius 3 is 2.63 bits per heavy atom. The third-order valence-electron chi connectivity index (χ3n) is 3.01. The zero-order valence-corrected chi connectivity index (χ0v) is 11.0. The van der Waals surface area contributed by atoms with Crippen LogP contribution in [-0.2, 0) is 0 Å². The minimum Gasteiger partial charge on any atom is -0.486 e. The van der Waals surface area contributed by atoms with E-state index in [2.05, 4.69) is 4.98 Å². The fourth-order valence-corrected chi connectivity index (χ4v) is 2.14. The highest BCUT2D eigenvalue weighted by molar-refractivity contribution is 5.67. The van der Waals surface area contributed by atoms with Gasteiger partial charge in [-0.25, -0.2) is 0 Å². The molecule has 0 bridgehead atoms. The van der Waals surface area contributed by atoms with Crippen molar-refractivity contribution in [1.82, 2.24) is 4.98 Å². The van der Waals surface area contributed by atoms with Crippen LogP contribution in [0.1, 0.15) is 25.5 Å². The van der Waals surface area contributed by atoms with E-state index in [-0.39, 0.29) is 11.9 Å². The lowest BCUT2D eigenvalue weighted by Crippen LogP contribution is -2.15.